The average molecular weight is 300 g/mol. The maximum Gasteiger partial charge on any atom is 0.115 e. The first-order valence-electron chi connectivity index (χ1n) is 6.03. The van der Waals surface area contributed by atoms with E-state index in [1.54, 1.807) is 6.07 Å². The van der Waals surface area contributed by atoms with E-state index in [0.717, 1.165) is 50.2 Å². The summed E-state index contributed by atoms with van der Waals surface area (Å²) in [4.78, 5) is 2.43. The Bertz CT molecular complexity index is 364. The lowest BCUT2D eigenvalue weighted by molar-refractivity contribution is 0.0374. The van der Waals surface area contributed by atoms with E-state index in [-0.39, 0.29) is 0 Å². The van der Waals surface area contributed by atoms with Gasteiger partial charge in [-0.05, 0) is 43.1 Å². The van der Waals surface area contributed by atoms with Crippen LogP contribution in [0.5, 0.6) is 5.75 Å². The largest absolute Gasteiger partial charge is 0.508 e. The van der Waals surface area contributed by atoms with Gasteiger partial charge in [-0.3, -0.25) is 4.90 Å². The second-order valence-electron chi connectivity index (χ2n) is 4.33. The number of aryl methyl sites for hydroxylation is 1. The Morgan fingerprint density at radius 3 is 2.82 bits per heavy atom. The zero-order valence-electron chi connectivity index (χ0n) is 9.86. The highest BCUT2D eigenvalue weighted by Gasteiger charge is 2.10. The number of aromatic hydroxyl groups is 1. The number of halogens is 1. The number of phenolic OH excluding ortho intramolecular Hbond substituents is 1. The molecule has 1 aromatic carbocycles. The van der Waals surface area contributed by atoms with Crippen molar-refractivity contribution in [2.24, 2.45) is 0 Å². The molecule has 0 radical (unpaired) electrons. The van der Waals surface area contributed by atoms with E-state index in [1.165, 1.54) is 5.56 Å². The molecular formula is C13H18BrNO2. The van der Waals surface area contributed by atoms with Crippen LogP contribution in [0.3, 0.4) is 0 Å². The smallest absolute Gasteiger partial charge is 0.115 e. The summed E-state index contributed by atoms with van der Waals surface area (Å²) in [6, 6.07) is 5.44. The molecule has 0 aliphatic carbocycles. The number of morpholine rings is 1. The third-order valence-electron chi connectivity index (χ3n) is 3.05. The fourth-order valence-electron chi connectivity index (χ4n) is 2.07. The Morgan fingerprint density at radius 1 is 1.29 bits per heavy atom. The van der Waals surface area contributed by atoms with E-state index < -0.39 is 0 Å². The maximum absolute atomic E-state index is 9.44. The molecule has 1 N–H and O–H groups in total. The van der Waals surface area contributed by atoms with Crippen molar-refractivity contribution in [1.29, 1.82) is 0 Å². The van der Waals surface area contributed by atoms with Crippen molar-refractivity contribution < 1.29 is 9.84 Å². The first kappa shape index (κ1) is 12.9. The lowest BCUT2D eigenvalue weighted by Gasteiger charge is -2.26. The molecule has 94 valence electrons. The van der Waals surface area contributed by atoms with E-state index in [2.05, 4.69) is 20.8 Å². The minimum absolute atomic E-state index is 0.342. The van der Waals surface area contributed by atoms with Crippen molar-refractivity contribution in [2.45, 2.75) is 12.8 Å². The molecule has 2 rings (SSSR count). The molecule has 0 aromatic heterocycles. The molecule has 0 saturated carbocycles. The monoisotopic (exact) mass is 299 g/mol. The number of ether oxygens (including phenoxy) is 1. The van der Waals surface area contributed by atoms with E-state index >= 15 is 0 Å². The molecule has 3 nitrogen and oxygen atoms in total. The molecule has 0 amide bonds. The number of nitrogens with zero attached hydrogens (tertiary/aromatic N) is 1. The molecule has 1 fully saturated rings. The highest BCUT2D eigenvalue weighted by Crippen LogP contribution is 2.22. The van der Waals surface area contributed by atoms with Gasteiger partial charge in [-0.15, -0.1) is 0 Å². The number of hydrogen-bond acceptors (Lipinski definition) is 3. The van der Waals surface area contributed by atoms with Crippen LogP contribution in [0.25, 0.3) is 0 Å². The molecule has 0 spiro atoms. The van der Waals surface area contributed by atoms with Gasteiger partial charge >= 0.3 is 0 Å². The zero-order chi connectivity index (χ0) is 12.1. The summed E-state index contributed by atoms with van der Waals surface area (Å²) in [5, 5.41) is 9.44. The minimum Gasteiger partial charge on any atom is -0.508 e. The minimum atomic E-state index is 0.342. The Hall–Kier alpha value is -0.580. The number of hydrogen-bond donors (Lipinski definition) is 1. The second-order valence-corrected chi connectivity index (χ2v) is 5.19. The van der Waals surface area contributed by atoms with Crippen molar-refractivity contribution in [3.8, 4) is 5.75 Å². The predicted octanol–water partition coefficient (Wildman–Crippen LogP) is 2.42. The molecule has 1 heterocycles. The molecule has 1 saturated heterocycles. The summed E-state index contributed by atoms with van der Waals surface area (Å²) in [6.45, 7) is 4.90. The molecule has 0 atom stereocenters. The van der Waals surface area contributed by atoms with Crippen molar-refractivity contribution in [2.75, 3.05) is 32.8 Å². The highest BCUT2D eigenvalue weighted by atomic mass is 79.9. The summed E-state index contributed by atoms with van der Waals surface area (Å²) in [5.41, 5.74) is 1.18. The fraction of sp³-hybridized carbons (Fsp3) is 0.538. The third-order valence-corrected chi connectivity index (χ3v) is 3.83. The van der Waals surface area contributed by atoms with Crippen LogP contribution in [-0.2, 0) is 11.2 Å². The number of benzene rings is 1. The van der Waals surface area contributed by atoms with E-state index in [9.17, 15) is 5.11 Å². The Balaban J connectivity index is 1.79. The molecule has 1 aliphatic heterocycles. The standard InChI is InChI=1S/C13H18BrNO2/c14-13-4-3-12(16)10-11(13)2-1-5-15-6-8-17-9-7-15/h3-4,10,16H,1-2,5-9H2. The van der Waals surface area contributed by atoms with Crippen LogP contribution in [0, 0.1) is 0 Å². The quantitative estimate of drug-likeness (QED) is 0.927. The van der Waals surface area contributed by atoms with Gasteiger partial charge in [0, 0.05) is 17.6 Å². The van der Waals surface area contributed by atoms with Crippen LogP contribution in [0.1, 0.15) is 12.0 Å². The fourth-order valence-corrected chi connectivity index (χ4v) is 2.52. The molecule has 4 heteroatoms. The van der Waals surface area contributed by atoms with E-state index in [0.29, 0.717) is 5.75 Å². The normalized spacial score (nSPS) is 17.2. The van der Waals surface area contributed by atoms with Gasteiger partial charge in [0.2, 0.25) is 0 Å². The molecule has 0 unspecified atom stereocenters. The second kappa shape index (κ2) is 6.38. The molecular weight excluding hydrogens is 282 g/mol. The van der Waals surface area contributed by atoms with Gasteiger partial charge in [0.15, 0.2) is 0 Å². The van der Waals surface area contributed by atoms with Gasteiger partial charge < -0.3 is 9.84 Å². The molecule has 17 heavy (non-hydrogen) atoms. The molecule has 0 bridgehead atoms. The summed E-state index contributed by atoms with van der Waals surface area (Å²) in [7, 11) is 0. The highest BCUT2D eigenvalue weighted by molar-refractivity contribution is 9.10. The van der Waals surface area contributed by atoms with Gasteiger partial charge in [-0.25, -0.2) is 0 Å². The van der Waals surface area contributed by atoms with E-state index in [1.807, 2.05) is 12.1 Å². The average Bonchev–Trinajstić information content (AvgIpc) is 2.35. The van der Waals surface area contributed by atoms with E-state index in [4.69, 9.17) is 4.74 Å². The van der Waals surface area contributed by atoms with Crippen molar-refractivity contribution in [3.63, 3.8) is 0 Å². The van der Waals surface area contributed by atoms with Crippen LogP contribution in [-0.4, -0.2) is 42.9 Å². The molecule has 1 aromatic rings. The third kappa shape index (κ3) is 3.98. The summed E-state index contributed by atoms with van der Waals surface area (Å²) < 4.78 is 6.40. The number of phenols is 1. The maximum atomic E-state index is 9.44. The summed E-state index contributed by atoms with van der Waals surface area (Å²) in [6.07, 6.45) is 2.11. The Labute approximate surface area is 111 Å². The van der Waals surface area contributed by atoms with Gasteiger partial charge in [-0.1, -0.05) is 15.9 Å². The van der Waals surface area contributed by atoms with Gasteiger partial charge in [0.1, 0.15) is 5.75 Å². The van der Waals surface area contributed by atoms with Crippen LogP contribution in [0.2, 0.25) is 0 Å². The first-order chi connectivity index (χ1) is 8.25. The van der Waals surface area contributed by atoms with Crippen LogP contribution in [0.4, 0.5) is 0 Å². The lowest BCUT2D eigenvalue weighted by atomic mass is 10.1. The predicted molar refractivity (Wildman–Crippen MR) is 71.4 cm³/mol. The lowest BCUT2D eigenvalue weighted by Crippen LogP contribution is -2.36. The van der Waals surface area contributed by atoms with Crippen molar-refractivity contribution in [3.05, 3.63) is 28.2 Å². The van der Waals surface area contributed by atoms with Crippen LogP contribution >= 0.6 is 15.9 Å². The molecule has 1 aliphatic rings. The summed E-state index contributed by atoms with van der Waals surface area (Å²) >= 11 is 3.51. The zero-order valence-corrected chi connectivity index (χ0v) is 11.4. The SMILES string of the molecule is Oc1ccc(Br)c(CCCN2CCOCC2)c1. The Morgan fingerprint density at radius 2 is 2.06 bits per heavy atom. The van der Waals surface area contributed by atoms with Crippen molar-refractivity contribution in [1.82, 2.24) is 4.90 Å². The Kier molecular flexibility index (Phi) is 4.83. The van der Waals surface area contributed by atoms with Gasteiger partial charge in [-0.2, -0.15) is 0 Å². The van der Waals surface area contributed by atoms with Gasteiger partial charge in [0.05, 0.1) is 13.2 Å². The summed E-state index contributed by atoms with van der Waals surface area (Å²) in [5.74, 6) is 0.342. The topological polar surface area (TPSA) is 32.7 Å². The van der Waals surface area contributed by atoms with Gasteiger partial charge in [0.25, 0.3) is 0 Å². The van der Waals surface area contributed by atoms with Crippen LogP contribution in [0.15, 0.2) is 22.7 Å². The van der Waals surface area contributed by atoms with Crippen LogP contribution < -0.4 is 0 Å². The van der Waals surface area contributed by atoms with Crippen molar-refractivity contribution >= 4 is 15.9 Å². The first-order valence-corrected chi connectivity index (χ1v) is 6.82. The number of rotatable bonds is 4.